The number of benzene rings is 1. The minimum atomic E-state index is -4.19. The van der Waals surface area contributed by atoms with Gasteiger partial charge in [-0.1, -0.05) is 0 Å². The average molecular weight is 354 g/mol. The fraction of sp³-hybridized carbons (Fsp3) is 0.231. The van der Waals surface area contributed by atoms with Gasteiger partial charge < -0.3 is 9.47 Å². The molecule has 0 saturated carbocycles. The minimum absolute atomic E-state index is 0.143. The molecule has 10 nitrogen and oxygen atoms in total. The van der Waals surface area contributed by atoms with Crippen LogP contribution in [0.15, 0.2) is 28.2 Å². The summed E-state index contributed by atoms with van der Waals surface area (Å²) in [7, 11) is -3.10. The summed E-state index contributed by atoms with van der Waals surface area (Å²) in [5.74, 6) is -1.74. The van der Waals surface area contributed by atoms with Crippen LogP contribution in [-0.2, 0) is 24.3 Å². The van der Waals surface area contributed by atoms with Gasteiger partial charge in [-0.2, -0.15) is 10.4 Å². The summed E-state index contributed by atoms with van der Waals surface area (Å²) in [5.41, 5.74) is 2.28. The van der Waals surface area contributed by atoms with Gasteiger partial charge in [-0.25, -0.2) is 23.1 Å². The standard InChI is InChI=1S/C13H14N4O6S/c1-8(6-14)23-12(18)7-16-17-9-3-4-10(13(19)22-2)11(5-9)24(15,20)21/h3-5,7-8,17H,1-2H3,(H2,15,20,21). The van der Waals surface area contributed by atoms with Crippen molar-refractivity contribution in [3.63, 3.8) is 0 Å². The van der Waals surface area contributed by atoms with Gasteiger partial charge in [-0.3, -0.25) is 5.43 Å². The Morgan fingerprint density at radius 3 is 2.67 bits per heavy atom. The van der Waals surface area contributed by atoms with Gasteiger partial charge in [0.2, 0.25) is 10.0 Å². The Hall–Kier alpha value is -2.97. The molecule has 0 heterocycles. The largest absolute Gasteiger partial charge is 0.465 e. The maximum atomic E-state index is 11.6. The lowest BCUT2D eigenvalue weighted by Gasteiger charge is -2.08. The lowest BCUT2D eigenvalue weighted by atomic mass is 10.2. The first-order valence-electron chi connectivity index (χ1n) is 6.33. The Kier molecular flexibility index (Phi) is 6.39. The smallest absolute Gasteiger partial charge is 0.352 e. The quantitative estimate of drug-likeness (QED) is 0.409. The number of hydrogen-bond acceptors (Lipinski definition) is 9. The van der Waals surface area contributed by atoms with Gasteiger partial charge in [0, 0.05) is 0 Å². The van der Waals surface area contributed by atoms with Gasteiger partial charge in [0.05, 0.1) is 23.3 Å². The number of nitriles is 1. The third-order valence-electron chi connectivity index (χ3n) is 2.53. The molecule has 0 aliphatic heterocycles. The molecule has 128 valence electrons. The molecule has 0 radical (unpaired) electrons. The van der Waals surface area contributed by atoms with Crippen LogP contribution in [0.1, 0.15) is 17.3 Å². The van der Waals surface area contributed by atoms with Crippen LogP contribution in [0.5, 0.6) is 0 Å². The number of rotatable bonds is 6. The number of methoxy groups -OCH3 is 1. The molecule has 3 N–H and O–H groups in total. The first-order valence-corrected chi connectivity index (χ1v) is 7.88. The van der Waals surface area contributed by atoms with Crippen molar-refractivity contribution < 1.29 is 27.5 Å². The number of hydrazone groups is 1. The number of nitrogens with one attached hydrogen (secondary N) is 1. The van der Waals surface area contributed by atoms with Crippen molar-refractivity contribution in [2.45, 2.75) is 17.9 Å². The van der Waals surface area contributed by atoms with Crippen molar-refractivity contribution in [3.8, 4) is 6.07 Å². The molecule has 1 atom stereocenters. The highest BCUT2D eigenvalue weighted by molar-refractivity contribution is 7.89. The zero-order valence-corrected chi connectivity index (χ0v) is 13.5. The molecular weight excluding hydrogens is 340 g/mol. The van der Waals surface area contributed by atoms with Gasteiger partial charge in [0.1, 0.15) is 12.3 Å². The van der Waals surface area contributed by atoms with Crippen LogP contribution in [-0.4, -0.2) is 39.8 Å². The topological polar surface area (TPSA) is 161 Å². The second-order valence-electron chi connectivity index (χ2n) is 4.33. The van der Waals surface area contributed by atoms with E-state index in [4.69, 9.17) is 10.4 Å². The van der Waals surface area contributed by atoms with Gasteiger partial charge in [-0.15, -0.1) is 0 Å². The van der Waals surface area contributed by atoms with E-state index in [2.05, 4.69) is 20.0 Å². The summed E-state index contributed by atoms with van der Waals surface area (Å²) >= 11 is 0. The maximum Gasteiger partial charge on any atom is 0.352 e. The summed E-state index contributed by atoms with van der Waals surface area (Å²) in [6, 6.07) is 5.27. The van der Waals surface area contributed by atoms with Crippen LogP contribution >= 0.6 is 0 Å². The summed E-state index contributed by atoms with van der Waals surface area (Å²) in [6.07, 6.45) is -0.171. The van der Waals surface area contributed by atoms with Crippen LogP contribution < -0.4 is 10.6 Å². The third kappa shape index (κ3) is 5.34. The molecule has 1 aromatic rings. The first kappa shape index (κ1) is 19.1. The highest BCUT2D eigenvalue weighted by atomic mass is 32.2. The van der Waals surface area contributed by atoms with E-state index in [-0.39, 0.29) is 11.3 Å². The molecule has 0 saturated heterocycles. The zero-order valence-electron chi connectivity index (χ0n) is 12.7. The summed E-state index contributed by atoms with van der Waals surface area (Å²) in [5, 5.41) is 17.1. The number of ether oxygens (including phenoxy) is 2. The molecule has 1 unspecified atom stereocenters. The van der Waals surface area contributed by atoms with E-state index < -0.39 is 33.0 Å². The molecule has 0 aromatic heterocycles. The lowest BCUT2D eigenvalue weighted by Crippen LogP contribution is -2.18. The van der Waals surface area contributed by atoms with Crippen LogP contribution in [0.2, 0.25) is 0 Å². The van der Waals surface area contributed by atoms with Crippen LogP contribution in [0, 0.1) is 11.3 Å². The second-order valence-corrected chi connectivity index (χ2v) is 5.86. The second kappa shape index (κ2) is 8.04. The van der Waals surface area contributed by atoms with Crippen molar-refractivity contribution in [1.82, 2.24) is 0 Å². The Morgan fingerprint density at radius 2 is 2.12 bits per heavy atom. The van der Waals surface area contributed by atoms with E-state index in [1.165, 1.54) is 19.1 Å². The van der Waals surface area contributed by atoms with Crippen LogP contribution in [0.3, 0.4) is 0 Å². The molecule has 0 aliphatic rings. The predicted octanol–water partition coefficient (Wildman–Crippen LogP) is -0.0264. The normalized spacial score (nSPS) is 12.2. The minimum Gasteiger partial charge on any atom is -0.465 e. The summed E-state index contributed by atoms with van der Waals surface area (Å²) < 4.78 is 32.2. The van der Waals surface area contributed by atoms with E-state index in [9.17, 15) is 18.0 Å². The number of hydrogen-bond donors (Lipinski definition) is 2. The zero-order chi connectivity index (χ0) is 18.3. The van der Waals surface area contributed by atoms with Gasteiger partial charge in [0.15, 0.2) is 6.10 Å². The average Bonchev–Trinajstić information content (AvgIpc) is 2.53. The van der Waals surface area contributed by atoms with Crippen molar-refractivity contribution >= 4 is 33.9 Å². The summed E-state index contributed by atoms with van der Waals surface area (Å²) in [6.45, 7) is 1.38. The lowest BCUT2D eigenvalue weighted by molar-refractivity contribution is -0.137. The number of sulfonamides is 1. The molecule has 0 bridgehead atoms. The number of carbonyl (C=O) groups is 2. The fourth-order valence-electron chi connectivity index (χ4n) is 1.50. The molecule has 0 spiro atoms. The fourth-order valence-corrected chi connectivity index (χ4v) is 2.25. The summed E-state index contributed by atoms with van der Waals surface area (Å²) in [4.78, 5) is 22.4. The monoisotopic (exact) mass is 354 g/mol. The number of anilines is 1. The van der Waals surface area contributed by atoms with Crippen molar-refractivity contribution in [1.29, 1.82) is 5.26 Å². The number of esters is 2. The van der Waals surface area contributed by atoms with Crippen molar-refractivity contribution in [2.24, 2.45) is 10.2 Å². The maximum absolute atomic E-state index is 11.6. The van der Waals surface area contributed by atoms with Crippen LogP contribution in [0.25, 0.3) is 0 Å². The Morgan fingerprint density at radius 1 is 1.46 bits per heavy atom. The SMILES string of the molecule is COC(=O)c1ccc(NN=CC(=O)OC(C)C#N)cc1S(N)(=O)=O. The molecule has 1 rings (SSSR count). The highest BCUT2D eigenvalue weighted by Crippen LogP contribution is 2.20. The Bertz CT molecular complexity index is 812. The third-order valence-corrected chi connectivity index (χ3v) is 3.48. The molecule has 0 fully saturated rings. The Labute approximate surface area is 137 Å². The number of nitrogens with zero attached hydrogens (tertiary/aromatic N) is 2. The van der Waals surface area contributed by atoms with Crippen molar-refractivity contribution in [2.75, 3.05) is 12.5 Å². The number of carbonyl (C=O) groups excluding carboxylic acids is 2. The van der Waals surface area contributed by atoms with Gasteiger partial charge >= 0.3 is 11.9 Å². The van der Waals surface area contributed by atoms with E-state index in [1.807, 2.05) is 0 Å². The van der Waals surface area contributed by atoms with Crippen LogP contribution in [0.4, 0.5) is 5.69 Å². The molecule has 0 amide bonds. The highest BCUT2D eigenvalue weighted by Gasteiger charge is 2.20. The number of nitrogens with two attached hydrogens (primary N) is 1. The predicted molar refractivity (Wildman–Crippen MR) is 82.4 cm³/mol. The molecule has 24 heavy (non-hydrogen) atoms. The van der Waals surface area contributed by atoms with E-state index >= 15 is 0 Å². The van der Waals surface area contributed by atoms with E-state index in [0.29, 0.717) is 0 Å². The molecular formula is C13H14N4O6S. The van der Waals surface area contributed by atoms with Crippen molar-refractivity contribution in [3.05, 3.63) is 23.8 Å². The molecule has 11 heteroatoms. The van der Waals surface area contributed by atoms with E-state index in [1.54, 1.807) is 6.07 Å². The van der Waals surface area contributed by atoms with E-state index in [0.717, 1.165) is 19.4 Å². The number of primary sulfonamides is 1. The molecule has 1 aromatic carbocycles. The first-order chi connectivity index (χ1) is 11.2. The van der Waals surface area contributed by atoms with Gasteiger partial charge in [0.25, 0.3) is 0 Å². The van der Waals surface area contributed by atoms with Gasteiger partial charge in [-0.05, 0) is 25.1 Å². The molecule has 0 aliphatic carbocycles. The Balaban J connectivity index is 2.97.